The van der Waals surface area contributed by atoms with E-state index in [2.05, 4.69) is 10.3 Å². The van der Waals surface area contributed by atoms with Crippen LogP contribution in [0, 0.1) is 24.0 Å². The van der Waals surface area contributed by atoms with Crippen LogP contribution >= 0.6 is 0 Å². The molecule has 2 aromatic carbocycles. The summed E-state index contributed by atoms with van der Waals surface area (Å²) in [5.74, 6) is -1.17. The smallest absolute Gasteiger partial charge is 0.282 e. The van der Waals surface area contributed by atoms with Gasteiger partial charge < -0.3 is 9.73 Å². The molecule has 0 saturated heterocycles. The molecule has 0 spiro atoms. The van der Waals surface area contributed by atoms with Crippen molar-refractivity contribution in [3.05, 3.63) is 75.2 Å². The molecule has 162 valence electrons. The Bertz CT molecular complexity index is 1280. The first-order valence-corrected chi connectivity index (χ1v) is 9.69. The van der Waals surface area contributed by atoms with Crippen LogP contribution in [0.1, 0.15) is 39.1 Å². The van der Waals surface area contributed by atoms with Gasteiger partial charge in [-0.1, -0.05) is 12.1 Å². The standard InChI is InChI=1S/C22H18N4O6/c1-11-13(3)32-20(23-11)14-6-4-7-15(10-14)24-19(27)12(2)25-21(28)16-8-5-9-17(26(30)31)18(16)22(25)29/h4-10,12H,1-3H3,(H,24,27). The summed E-state index contributed by atoms with van der Waals surface area (Å²) in [5.41, 5.74) is 0.931. The summed E-state index contributed by atoms with van der Waals surface area (Å²) in [6.45, 7) is 5.00. The number of imide groups is 1. The molecule has 0 radical (unpaired) electrons. The zero-order chi connectivity index (χ0) is 23.2. The number of nitrogens with one attached hydrogen (secondary N) is 1. The van der Waals surface area contributed by atoms with E-state index in [-0.39, 0.29) is 11.1 Å². The molecule has 0 bridgehead atoms. The van der Waals surface area contributed by atoms with Crippen molar-refractivity contribution < 1.29 is 23.7 Å². The third kappa shape index (κ3) is 3.41. The van der Waals surface area contributed by atoms with Crippen LogP contribution in [0.3, 0.4) is 0 Å². The molecule has 32 heavy (non-hydrogen) atoms. The maximum atomic E-state index is 12.8. The van der Waals surface area contributed by atoms with Crippen LogP contribution < -0.4 is 5.32 Å². The van der Waals surface area contributed by atoms with Crippen molar-refractivity contribution in [3.63, 3.8) is 0 Å². The Morgan fingerprint density at radius 1 is 1.16 bits per heavy atom. The van der Waals surface area contributed by atoms with Crippen molar-refractivity contribution in [1.29, 1.82) is 0 Å². The molecule has 1 aliphatic heterocycles. The summed E-state index contributed by atoms with van der Waals surface area (Å²) in [6, 6.07) is 9.38. The lowest BCUT2D eigenvalue weighted by molar-refractivity contribution is -0.385. The first-order chi connectivity index (χ1) is 15.2. The minimum atomic E-state index is -1.20. The molecule has 0 aliphatic carbocycles. The number of aromatic nitrogens is 1. The summed E-state index contributed by atoms with van der Waals surface area (Å²) in [7, 11) is 0. The molecule has 0 saturated carbocycles. The van der Waals surface area contributed by atoms with E-state index in [1.807, 2.05) is 6.92 Å². The number of benzene rings is 2. The lowest BCUT2D eigenvalue weighted by Gasteiger charge is -2.21. The second-order valence-electron chi connectivity index (χ2n) is 7.34. The van der Waals surface area contributed by atoms with Crippen molar-refractivity contribution in [1.82, 2.24) is 9.88 Å². The minimum Gasteiger partial charge on any atom is -0.441 e. The largest absolute Gasteiger partial charge is 0.441 e. The number of anilines is 1. The first-order valence-electron chi connectivity index (χ1n) is 9.69. The van der Waals surface area contributed by atoms with E-state index in [0.29, 0.717) is 22.9 Å². The molecule has 1 aliphatic rings. The Hall–Kier alpha value is -4.34. The van der Waals surface area contributed by atoms with Crippen LogP contribution in [-0.2, 0) is 4.79 Å². The average molecular weight is 434 g/mol. The molecule has 1 atom stereocenters. The molecular weight excluding hydrogens is 416 g/mol. The molecule has 1 N–H and O–H groups in total. The SMILES string of the molecule is Cc1nc(-c2cccc(NC(=O)C(C)N3C(=O)c4cccc([N+](=O)[O-])c4C3=O)c2)oc1C. The summed E-state index contributed by atoms with van der Waals surface area (Å²) in [4.78, 5) is 54.0. The third-order valence-electron chi connectivity index (χ3n) is 5.29. The van der Waals surface area contributed by atoms with Crippen LogP contribution in [0.15, 0.2) is 46.9 Å². The van der Waals surface area contributed by atoms with Gasteiger partial charge in [-0.05, 0) is 45.0 Å². The number of fused-ring (bicyclic) bond motifs is 1. The quantitative estimate of drug-likeness (QED) is 0.369. The normalized spacial score (nSPS) is 13.8. The van der Waals surface area contributed by atoms with E-state index in [0.717, 1.165) is 16.7 Å². The van der Waals surface area contributed by atoms with Gasteiger partial charge in [-0.3, -0.25) is 29.4 Å². The fourth-order valence-electron chi connectivity index (χ4n) is 3.48. The highest BCUT2D eigenvalue weighted by Gasteiger charge is 2.44. The van der Waals surface area contributed by atoms with Gasteiger partial charge in [0.2, 0.25) is 11.8 Å². The van der Waals surface area contributed by atoms with Crippen LogP contribution in [0.2, 0.25) is 0 Å². The molecule has 3 amide bonds. The fraction of sp³-hybridized carbons (Fsp3) is 0.182. The van der Waals surface area contributed by atoms with E-state index in [4.69, 9.17) is 4.42 Å². The molecule has 4 rings (SSSR count). The Morgan fingerprint density at radius 3 is 2.53 bits per heavy atom. The molecular formula is C22H18N4O6. The summed E-state index contributed by atoms with van der Waals surface area (Å²) >= 11 is 0. The number of amides is 3. The number of carbonyl (C=O) groups excluding carboxylic acids is 3. The summed E-state index contributed by atoms with van der Waals surface area (Å²) in [6.07, 6.45) is 0. The number of nitrogens with zero attached hydrogens (tertiary/aromatic N) is 3. The molecule has 1 unspecified atom stereocenters. The van der Waals surface area contributed by atoms with Gasteiger partial charge in [0.25, 0.3) is 17.5 Å². The first kappa shape index (κ1) is 20.9. The maximum Gasteiger partial charge on any atom is 0.282 e. The topological polar surface area (TPSA) is 136 Å². The van der Waals surface area contributed by atoms with Gasteiger partial charge >= 0.3 is 0 Å². The zero-order valence-electron chi connectivity index (χ0n) is 17.4. The van der Waals surface area contributed by atoms with Crippen LogP contribution in [0.4, 0.5) is 11.4 Å². The lowest BCUT2D eigenvalue weighted by atomic mass is 10.1. The predicted molar refractivity (Wildman–Crippen MR) is 113 cm³/mol. The van der Waals surface area contributed by atoms with Gasteiger partial charge in [-0.2, -0.15) is 0 Å². The van der Waals surface area contributed by atoms with E-state index in [9.17, 15) is 24.5 Å². The number of aryl methyl sites for hydroxylation is 2. The average Bonchev–Trinajstić information content (AvgIpc) is 3.23. The van der Waals surface area contributed by atoms with Crippen molar-refractivity contribution in [2.75, 3.05) is 5.32 Å². The van der Waals surface area contributed by atoms with Gasteiger partial charge in [0.05, 0.1) is 16.2 Å². The van der Waals surface area contributed by atoms with Gasteiger partial charge in [0.1, 0.15) is 17.4 Å². The minimum absolute atomic E-state index is 0.0968. The molecule has 0 fully saturated rings. The number of rotatable bonds is 5. The van der Waals surface area contributed by atoms with Gasteiger partial charge in [0.15, 0.2) is 0 Å². The van der Waals surface area contributed by atoms with Gasteiger partial charge in [0, 0.05) is 17.3 Å². The van der Waals surface area contributed by atoms with Gasteiger partial charge in [-0.15, -0.1) is 0 Å². The number of hydrogen-bond donors (Lipinski definition) is 1. The zero-order valence-corrected chi connectivity index (χ0v) is 17.4. The Labute approximate surface area is 182 Å². The van der Waals surface area contributed by atoms with Crippen LogP contribution in [0.25, 0.3) is 11.5 Å². The highest BCUT2D eigenvalue weighted by molar-refractivity contribution is 6.24. The maximum absolute atomic E-state index is 12.8. The third-order valence-corrected chi connectivity index (χ3v) is 5.29. The summed E-state index contributed by atoms with van der Waals surface area (Å²) in [5, 5.41) is 13.9. The Balaban J connectivity index is 1.57. The van der Waals surface area contributed by atoms with Crippen molar-refractivity contribution >= 4 is 29.1 Å². The van der Waals surface area contributed by atoms with Crippen molar-refractivity contribution in [2.24, 2.45) is 0 Å². The number of oxazole rings is 1. The monoisotopic (exact) mass is 434 g/mol. The molecule has 10 heteroatoms. The van der Waals surface area contributed by atoms with E-state index >= 15 is 0 Å². The second-order valence-corrected chi connectivity index (χ2v) is 7.34. The Kier molecular flexibility index (Phi) is 5.05. The van der Waals surface area contributed by atoms with Crippen molar-refractivity contribution in [2.45, 2.75) is 26.8 Å². The molecule has 2 heterocycles. The highest BCUT2D eigenvalue weighted by atomic mass is 16.6. The second kappa shape index (κ2) is 7.73. The number of carbonyl (C=O) groups is 3. The van der Waals surface area contributed by atoms with Crippen LogP contribution in [0.5, 0.6) is 0 Å². The number of hydrogen-bond acceptors (Lipinski definition) is 7. The van der Waals surface area contributed by atoms with E-state index < -0.39 is 34.4 Å². The highest BCUT2D eigenvalue weighted by Crippen LogP contribution is 2.32. The van der Waals surface area contributed by atoms with E-state index in [1.165, 1.54) is 19.1 Å². The number of nitro groups is 1. The molecule has 3 aromatic rings. The Morgan fingerprint density at radius 2 is 1.88 bits per heavy atom. The predicted octanol–water partition coefficient (Wildman–Crippen LogP) is 3.49. The molecule has 10 nitrogen and oxygen atoms in total. The molecule has 1 aromatic heterocycles. The van der Waals surface area contributed by atoms with E-state index in [1.54, 1.807) is 31.2 Å². The lowest BCUT2D eigenvalue weighted by Crippen LogP contribution is -2.45. The van der Waals surface area contributed by atoms with Crippen LogP contribution in [-0.4, -0.2) is 38.6 Å². The van der Waals surface area contributed by atoms with Crippen molar-refractivity contribution in [3.8, 4) is 11.5 Å². The van der Waals surface area contributed by atoms with Gasteiger partial charge in [-0.25, -0.2) is 4.98 Å². The fourth-order valence-corrected chi connectivity index (χ4v) is 3.48. The summed E-state index contributed by atoms with van der Waals surface area (Å²) < 4.78 is 5.61. The number of nitro benzene ring substituents is 1.